The Bertz CT molecular complexity index is 599. The summed E-state index contributed by atoms with van der Waals surface area (Å²) < 4.78 is 10.5. The molecule has 2 aromatic rings. The first-order chi connectivity index (χ1) is 10.8. The maximum Gasteiger partial charge on any atom is 0.247 e. The minimum Gasteiger partial charge on any atom is -0.497 e. The second-order valence-electron chi connectivity index (χ2n) is 4.94. The monoisotopic (exact) mass is 301 g/mol. The van der Waals surface area contributed by atoms with E-state index >= 15 is 0 Å². The highest BCUT2D eigenvalue weighted by Crippen LogP contribution is 2.14. The molecule has 7 heteroatoms. The Hall–Kier alpha value is -2.41. The molecule has 1 aromatic heterocycles. The van der Waals surface area contributed by atoms with Gasteiger partial charge in [-0.05, 0) is 17.7 Å². The minimum atomic E-state index is 0.642. The highest BCUT2D eigenvalue weighted by molar-refractivity contribution is 5.40. The van der Waals surface area contributed by atoms with E-state index in [9.17, 15) is 0 Å². The molecule has 1 aliphatic heterocycles. The Labute approximate surface area is 129 Å². The zero-order valence-electron chi connectivity index (χ0n) is 12.5. The van der Waals surface area contributed by atoms with Gasteiger partial charge in [0.25, 0.3) is 0 Å². The van der Waals surface area contributed by atoms with Crippen LogP contribution in [0.5, 0.6) is 5.75 Å². The molecule has 3 rings (SSSR count). The van der Waals surface area contributed by atoms with Gasteiger partial charge in [-0.25, -0.2) is 0 Å². The SMILES string of the molecule is COc1ccc(CNc2cnnc(N3CCOCC3)n2)cc1. The number of rotatable bonds is 5. The summed E-state index contributed by atoms with van der Waals surface area (Å²) in [5.74, 6) is 2.21. The Morgan fingerprint density at radius 3 is 2.73 bits per heavy atom. The third-order valence-corrected chi connectivity index (χ3v) is 3.47. The Kier molecular flexibility index (Phi) is 4.65. The maximum atomic E-state index is 5.33. The van der Waals surface area contributed by atoms with Crippen LogP contribution >= 0.6 is 0 Å². The molecule has 1 N–H and O–H groups in total. The highest BCUT2D eigenvalue weighted by Gasteiger charge is 2.14. The number of hydrogen-bond donors (Lipinski definition) is 1. The molecule has 1 saturated heterocycles. The number of anilines is 2. The van der Waals surface area contributed by atoms with Crippen LogP contribution in [-0.2, 0) is 11.3 Å². The molecule has 1 aliphatic rings. The molecule has 0 bridgehead atoms. The van der Waals surface area contributed by atoms with Gasteiger partial charge in [0, 0.05) is 19.6 Å². The first-order valence-corrected chi connectivity index (χ1v) is 7.24. The summed E-state index contributed by atoms with van der Waals surface area (Å²) in [5, 5.41) is 11.4. The minimum absolute atomic E-state index is 0.642. The van der Waals surface area contributed by atoms with Gasteiger partial charge in [-0.1, -0.05) is 12.1 Å². The number of aromatic nitrogens is 3. The Morgan fingerprint density at radius 2 is 2.00 bits per heavy atom. The summed E-state index contributed by atoms with van der Waals surface area (Å²) in [5.41, 5.74) is 1.15. The van der Waals surface area contributed by atoms with Gasteiger partial charge in [-0.2, -0.15) is 10.1 Å². The van der Waals surface area contributed by atoms with E-state index in [1.807, 2.05) is 24.3 Å². The number of ether oxygens (including phenoxy) is 2. The molecule has 1 aromatic carbocycles. The van der Waals surface area contributed by atoms with Gasteiger partial charge in [0.2, 0.25) is 5.95 Å². The summed E-state index contributed by atoms with van der Waals surface area (Å²) in [6.07, 6.45) is 1.63. The lowest BCUT2D eigenvalue weighted by Gasteiger charge is -2.26. The molecule has 0 aliphatic carbocycles. The Balaban J connectivity index is 1.62. The Morgan fingerprint density at radius 1 is 1.23 bits per heavy atom. The fraction of sp³-hybridized carbons (Fsp3) is 0.400. The van der Waals surface area contributed by atoms with Crippen LogP contribution in [0.15, 0.2) is 30.5 Å². The zero-order chi connectivity index (χ0) is 15.2. The number of benzene rings is 1. The lowest BCUT2D eigenvalue weighted by atomic mass is 10.2. The second-order valence-corrected chi connectivity index (χ2v) is 4.94. The van der Waals surface area contributed by atoms with Crippen LogP contribution in [0.1, 0.15) is 5.56 Å². The molecule has 116 valence electrons. The second kappa shape index (κ2) is 7.04. The maximum absolute atomic E-state index is 5.33. The van der Waals surface area contributed by atoms with Crippen LogP contribution < -0.4 is 15.0 Å². The number of nitrogens with zero attached hydrogens (tertiary/aromatic N) is 4. The van der Waals surface area contributed by atoms with Crippen molar-refractivity contribution in [1.29, 1.82) is 0 Å². The molecule has 2 heterocycles. The first-order valence-electron chi connectivity index (χ1n) is 7.24. The fourth-order valence-corrected chi connectivity index (χ4v) is 2.21. The van der Waals surface area contributed by atoms with Crippen LogP contribution in [0.2, 0.25) is 0 Å². The molecule has 1 fully saturated rings. The van der Waals surface area contributed by atoms with Gasteiger partial charge in [0.15, 0.2) is 5.82 Å². The number of nitrogens with one attached hydrogen (secondary N) is 1. The van der Waals surface area contributed by atoms with E-state index in [1.165, 1.54) is 0 Å². The third-order valence-electron chi connectivity index (χ3n) is 3.47. The van der Waals surface area contributed by atoms with Gasteiger partial charge in [0.1, 0.15) is 5.75 Å². The van der Waals surface area contributed by atoms with Crippen LogP contribution in [0.4, 0.5) is 11.8 Å². The van der Waals surface area contributed by atoms with Crippen LogP contribution in [0, 0.1) is 0 Å². The standard InChI is InChI=1S/C15H19N5O2/c1-21-13-4-2-12(3-5-13)10-16-14-11-17-19-15(18-14)20-6-8-22-9-7-20/h2-5,11H,6-10H2,1H3,(H,16,18,19). The summed E-state index contributed by atoms with van der Waals surface area (Å²) >= 11 is 0. The normalized spacial score (nSPS) is 14.7. The topological polar surface area (TPSA) is 72.4 Å². The quantitative estimate of drug-likeness (QED) is 0.893. The molecule has 0 amide bonds. The van der Waals surface area contributed by atoms with Gasteiger partial charge < -0.3 is 19.7 Å². The average Bonchev–Trinajstić information content (AvgIpc) is 2.61. The largest absolute Gasteiger partial charge is 0.497 e. The van der Waals surface area contributed by atoms with Crippen molar-refractivity contribution < 1.29 is 9.47 Å². The third kappa shape index (κ3) is 3.62. The van der Waals surface area contributed by atoms with E-state index in [0.717, 1.165) is 24.4 Å². The summed E-state index contributed by atoms with van der Waals surface area (Å²) in [7, 11) is 1.66. The van der Waals surface area contributed by atoms with Crippen molar-refractivity contribution in [2.75, 3.05) is 43.6 Å². The van der Waals surface area contributed by atoms with Gasteiger partial charge in [-0.3, -0.25) is 0 Å². The van der Waals surface area contributed by atoms with E-state index in [1.54, 1.807) is 13.3 Å². The number of hydrogen-bond acceptors (Lipinski definition) is 7. The average molecular weight is 301 g/mol. The molecular weight excluding hydrogens is 282 g/mol. The van der Waals surface area contributed by atoms with Crippen LogP contribution in [-0.4, -0.2) is 48.6 Å². The number of methoxy groups -OCH3 is 1. The van der Waals surface area contributed by atoms with Gasteiger partial charge in [-0.15, -0.1) is 5.10 Å². The van der Waals surface area contributed by atoms with E-state index < -0.39 is 0 Å². The lowest BCUT2D eigenvalue weighted by Crippen LogP contribution is -2.37. The predicted octanol–water partition coefficient (Wildman–Crippen LogP) is 1.33. The van der Waals surface area contributed by atoms with E-state index in [-0.39, 0.29) is 0 Å². The van der Waals surface area contributed by atoms with Crippen molar-refractivity contribution in [1.82, 2.24) is 15.2 Å². The highest BCUT2D eigenvalue weighted by atomic mass is 16.5. The first kappa shape index (κ1) is 14.5. The smallest absolute Gasteiger partial charge is 0.247 e. The van der Waals surface area contributed by atoms with Gasteiger partial charge >= 0.3 is 0 Å². The molecule has 0 atom stereocenters. The predicted molar refractivity (Wildman–Crippen MR) is 83.2 cm³/mol. The molecule has 22 heavy (non-hydrogen) atoms. The van der Waals surface area contributed by atoms with Crippen molar-refractivity contribution in [3.8, 4) is 5.75 Å². The van der Waals surface area contributed by atoms with Crippen molar-refractivity contribution in [2.24, 2.45) is 0 Å². The summed E-state index contributed by atoms with van der Waals surface area (Å²) in [6, 6.07) is 7.91. The molecule has 0 unspecified atom stereocenters. The molecule has 0 radical (unpaired) electrons. The summed E-state index contributed by atoms with van der Waals surface area (Å²) in [4.78, 5) is 6.58. The van der Waals surface area contributed by atoms with Gasteiger partial charge in [0.05, 0.1) is 26.5 Å². The summed E-state index contributed by atoms with van der Waals surface area (Å²) in [6.45, 7) is 3.66. The van der Waals surface area contributed by atoms with Crippen LogP contribution in [0.25, 0.3) is 0 Å². The molecular formula is C15H19N5O2. The fourth-order valence-electron chi connectivity index (χ4n) is 2.21. The molecule has 0 saturated carbocycles. The zero-order valence-corrected chi connectivity index (χ0v) is 12.5. The van der Waals surface area contributed by atoms with E-state index in [0.29, 0.717) is 31.5 Å². The lowest BCUT2D eigenvalue weighted by molar-refractivity contribution is 0.122. The van der Waals surface area contributed by atoms with E-state index in [2.05, 4.69) is 25.4 Å². The van der Waals surface area contributed by atoms with Crippen molar-refractivity contribution in [3.05, 3.63) is 36.0 Å². The van der Waals surface area contributed by atoms with Crippen LogP contribution in [0.3, 0.4) is 0 Å². The van der Waals surface area contributed by atoms with Crippen molar-refractivity contribution in [2.45, 2.75) is 6.54 Å². The number of morpholine rings is 1. The molecule has 7 nitrogen and oxygen atoms in total. The van der Waals surface area contributed by atoms with Crippen molar-refractivity contribution in [3.63, 3.8) is 0 Å². The van der Waals surface area contributed by atoms with E-state index in [4.69, 9.17) is 9.47 Å². The van der Waals surface area contributed by atoms with Crippen molar-refractivity contribution >= 4 is 11.8 Å². The molecule has 0 spiro atoms.